The first-order valence-corrected chi connectivity index (χ1v) is 12.0. The number of carbonyl (C=O) groups excluding carboxylic acids is 3. The Hall–Kier alpha value is -3.59. The van der Waals surface area contributed by atoms with Gasteiger partial charge in [0, 0.05) is 44.7 Å². The first-order chi connectivity index (χ1) is 17.0. The molecule has 4 rings (SSSR count). The fourth-order valence-corrected chi connectivity index (χ4v) is 4.80. The molecule has 0 atom stereocenters. The maximum Gasteiger partial charge on any atom is 0.321 e. The van der Waals surface area contributed by atoms with Crippen LogP contribution in [0.15, 0.2) is 60.7 Å². The van der Waals surface area contributed by atoms with Gasteiger partial charge in [-0.3, -0.25) is 9.59 Å². The molecule has 0 bridgehead atoms. The Bertz CT molecular complexity index is 1010. The van der Waals surface area contributed by atoms with Crippen molar-refractivity contribution in [2.24, 2.45) is 0 Å². The van der Waals surface area contributed by atoms with E-state index in [1.807, 2.05) is 60.7 Å². The quantitative estimate of drug-likeness (QED) is 0.568. The monoisotopic (exact) mass is 479 g/mol. The number of amides is 4. The molecule has 4 amide bonds. The number of urea groups is 1. The summed E-state index contributed by atoms with van der Waals surface area (Å²) in [5.41, 5.74) is 0.899. The largest absolute Gasteiger partial charge is 0.385 e. The number of para-hydroxylation sites is 2. The Kier molecular flexibility index (Phi) is 7.87. The Morgan fingerprint density at radius 2 is 1.66 bits per heavy atom. The topological polar surface area (TPSA) is 94.2 Å². The minimum atomic E-state index is -0.777. The molecule has 35 heavy (non-hydrogen) atoms. The van der Waals surface area contributed by atoms with Crippen LogP contribution in [-0.4, -0.2) is 79.7 Å². The number of methoxy groups -OCH3 is 1. The molecule has 2 aliphatic rings. The summed E-state index contributed by atoms with van der Waals surface area (Å²) in [6, 6.07) is 19.0. The van der Waals surface area contributed by atoms with E-state index >= 15 is 0 Å². The van der Waals surface area contributed by atoms with Gasteiger partial charge in [0.25, 0.3) is 5.91 Å². The number of likely N-dealkylation sites (tertiary alicyclic amines) is 1. The molecule has 2 saturated heterocycles. The molecule has 0 aromatic heterocycles. The number of hydrogen-bond donors (Lipinski definition) is 2. The Morgan fingerprint density at radius 1 is 1.00 bits per heavy atom. The van der Waals surface area contributed by atoms with Crippen LogP contribution in [0.1, 0.15) is 19.3 Å². The van der Waals surface area contributed by atoms with Crippen molar-refractivity contribution in [2.45, 2.75) is 24.8 Å². The normalized spacial score (nSPS) is 17.1. The third-order valence-electron chi connectivity index (χ3n) is 6.67. The fraction of sp³-hybridized carbons (Fsp3) is 0.423. The molecular formula is C26H33N5O4. The first-order valence-electron chi connectivity index (χ1n) is 12.0. The van der Waals surface area contributed by atoms with Crippen molar-refractivity contribution in [3.63, 3.8) is 0 Å². The zero-order chi connectivity index (χ0) is 24.7. The molecule has 9 heteroatoms. The maximum atomic E-state index is 13.7. The van der Waals surface area contributed by atoms with Crippen LogP contribution in [-0.2, 0) is 14.3 Å². The van der Waals surface area contributed by atoms with Crippen LogP contribution >= 0.6 is 0 Å². The van der Waals surface area contributed by atoms with Gasteiger partial charge in [0.15, 0.2) is 0 Å². The van der Waals surface area contributed by atoms with E-state index in [0.29, 0.717) is 45.8 Å². The van der Waals surface area contributed by atoms with Gasteiger partial charge >= 0.3 is 6.03 Å². The van der Waals surface area contributed by atoms with E-state index in [2.05, 4.69) is 15.5 Å². The zero-order valence-corrected chi connectivity index (χ0v) is 20.1. The highest BCUT2D eigenvalue weighted by atomic mass is 16.5. The molecule has 2 aromatic rings. The van der Waals surface area contributed by atoms with Crippen LogP contribution in [0.4, 0.5) is 16.2 Å². The van der Waals surface area contributed by atoms with Gasteiger partial charge in [-0.1, -0.05) is 36.4 Å². The highest BCUT2D eigenvalue weighted by Gasteiger charge is 2.54. The van der Waals surface area contributed by atoms with E-state index in [1.54, 1.807) is 16.9 Å². The summed E-state index contributed by atoms with van der Waals surface area (Å²) >= 11 is 0. The van der Waals surface area contributed by atoms with E-state index in [-0.39, 0.29) is 24.4 Å². The number of ether oxygens (including phenoxy) is 1. The molecule has 2 heterocycles. The molecule has 2 N–H and O–H groups in total. The van der Waals surface area contributed by atoms with Gasteiger partial charge in [0.2, 0.25) is 5.91 Å². The van der Waals surface area contributed by atoms with Gasteiger partial charge in [0.05, 0.1) is 6.67 Å². The highest BCUT2D eigenvalue weighted by molar-refractivity contribution is 5.96. The van der Waals surface area contributed by atoms with Gasteiger partial charge in [-0.05, 0) is 43.5 Å². The second-order valence-electron chi connectivity index (χ2n) is 8.92. The van der Waals surface area contributed by atoms with Gasteiger partial charge in [-0.25, -0.2) is 4.79 Å². The van der Waals surface area contributed by atoms with Gasteiger partial charge in [-0.2, -0.15) is 0 Å². The number of piperidine rings is 1. The first kappa shape index (κ1) is 24.5. The highest BCUT2D eigenvalue weighted by Crippen LogP contribution is 2.39. The lowest BCUT2D eigenvalue weighted by Crippen LogP contribution is -2.58. The standard InChI is InChI=1S/C26H33N5O4/c1-35-18-8-15-27-23(32)19-30-20-31(22-11-6-3-7-12-22)26(24(30)33)13-16-29(17-14-26)25(34)28-21-9-4-2-5-10-21/h2-7,9-12H,8,13-20H2,1H3,(H,27,32)(H,28,34). The zero-order valence-electron chi connectivity index (χ0n) is 20.1. The third kappa shape index (κ3) is 5.57. The summed E-state index contributed by atoms with van der Waals surface area (Å²) in [6.07, 6.45) is 1.71. The molecule has 186 valence electrons. The molecule has 2 fully saturated rings. The number of anilines is 2. The minimum Gasteiger partial charge on any atom is -0.385 e. The van der Waals surface area contributed by atoms with Crippen LogP contribution in [0.25, 0.3) is 0 Å². The van der Waals surface area contributed by atoms with E-state index in [4.69, 9.17) is 4.74 Å². The van der Waals surface area contributed by atoms with Gasteiger partial charge < -0.3 is 30.1 Å². The van der Waals surface area contributed by atoms with Crippen molar-refractivity contribution in [3.8, 4) is 0 Å². The number of benzene rings is 2. The molecule has 2 aromatic carbocycles. The molecule has 0 saturated carbocycles. The van der Waals surface area contributed by atoms with E-state index in [1.165, 1.54) is 0 Å². The molecule has 0 aliphatic carbocycles. The minimum absolute atomic E-state index is 0.00903. The SMILES string of the molecule is COCCCNC(=O)CN1CN(c2ccccc2)C2(CCN(C(=O)Nc3ccccc3)CC2)C1=O. The summed E-state index contributed by atoms with van der Waals surface area (Å²) in [4.78, 5) is 44.5. The number of nitrogens with one attached hydrogen (secondary N) is 2. The van der Waals surface area contributed by atoms with Crippen LogP contribution in [0.5, 0.6) is 0 Å². The molecule has 0 radical (unpaired) electrons. The molecule has 2 aliphatic heterocycles. The summed E-state index contributed by atoms with van der Waals surface area (Å²) < 4.78 is 5.02. The van der Waals surface area contributed by atoms with E-state index < -0.39 is 5.54 Å². The van der Waals surface area contributed by atoms with Crippen LogP contribution < -0.4 is 15.5 Å². The Morgan fingerprint density at radius 3 is 2.31 bits per heavy atom. The number of nitrogens with zero attached hydrogens (tertiary/aromatic N) is 3. The predicted molar refractivity (Wildman–Crippen MR) is 134 cm³/mol. The molecule has 1 spiro atoms. The smallest absolute Gasteiger partial charge is 0.321 e. The second kappa shape index (κ2) is 11.2. The van der Waals surface area contributed by atoms with Crippen molar-refractivity contribution in [2.75, 3.05) is 56.8 Å². The van der Waals surface area contributed by atoms with Crippen molar-refractivity contribution in [1.82, 2.24) is 15.1 Å². The van der Waals surface area contributed by atoms with Crippen LogP contribution in [0.2, 0.25) is 0 Å². The van der Waals surface area contributed by atoms with Crippen molar-refractivity contribution in [3.05, 3.63) is 60.7 Å². The maximum absolute atomic E-state index is 13.7. The van der Waals surface area contributed by atoms with Crippen molar-refractivity contribution < 1.29 is 19.1 Å². The number of rotatable bonds is 8. The van der Waals surface area contributed by atoms with Gasteiger partial charge in [0.1, 0.15) is 12.1 Å². The predicted octanol–water partition coefficient (Wildman–Crippen LogP) is 2.51. The Labute approximate surface area is 206 Å². The fourth-order valence-electron chi connectivity index (χ4n) is 4.80. The van der Waals surface area contributed by atoms with Gasteiger partial charge in [-0.15, -0.1) is 0 Å². The molecular weight excluding hydrogens is 446 g/mol. The van der Waals surface area contributed by atoms with Crippen molar-refractivity contribution >= 4 is 29.2 Å². The van der Waals surface area contributed by atoms with Crippen LogP contribution in [0.3, 0.4) is 0 Å². The van der Waals surface area contributed by atoms with Crippen LogP contribution in [0, 0.1) is 0 Å². The summed E-state index contributed by atoms with van der Waals surface area (Å²) in [5, 5.41) is 5.79. The Balaban J connectivity index is 1.44. The summed E-state index contributed by atoms with van der Waals surface area (Å²) in [6.45, 7) is 2.32. The molecule has 9 nitrogen and oxygen atoms in total. The average molecular weight is 480 g/mol. The lowest BCUT2D eigenvalue weighted by atomic mass is 9.85. The van der Waals surface area contributed by atoms with E-state index in [0.717, 1.165) is 17.8 Å². The lowest BCUT2D eigenvalue weighted by Gasteiger charge is -2.43. The number of hydrogen-bond acceptors (Lipinski definition) is 5. The molecule has 0 unspecified atom stereocenters. The lowest BCUT2D eigenvalue weighted by molar-refractivity contribution is -0.137. The summed E-state index contributed by atoms with van der Waals surface area (Å²) in [5.74, 6) is -0.240. The summed E-state index contributed by atoms with van der Waals surface area (Å²) in [7, 11) is 1.62. The number of carbonyl (C=O) groups is 3. The van der Waals surface area contributed by atoms with Crippen molar-refractivity contribution in [1.29, 1.82) is 0 Å². The third-order valence-corrected chi connectivity index (χ3v) is 6.67. The van der Waals surface area contributed by atoms with E-state index in [9.17, 15) is 14.4 Å². The second-order valence-corrected chi connectivity index (χ2v) is 8.92. The average Bonchev–Trinajstić information content (AvgIpc) is 3.14.